The van der Waals surface area contributed by atoms with Crippen LogP contribution in [0.2, 0.25) is 0 Å². The van der Waals surface area contributed by atoms with Crippen molar-refractivity contribution in [2.75, 3.05) is 0 Å². The van der Waals surface area contributed by atoms with Gasteiger partial charge < -0.3 is 0 Å². The Morgan fingerprint density at radius 3 is 1.50 bits per heavy atom. The van der Waals surface area contributed by atoms with Crippen LogP contribution in [0, 0.1) is 27.7 Å². The van der Waals surface area contributed by atoms with E-state index in [0.717, 1.165) is 0 Å². The molecule has 3 aromatic carbocycles. The molecule has 0 radical (unpaired) electrons. The summed E-state index contributed by atoms with van der Waals surface area (Å²) < 4.78 is 0. The van der Waals surface area contributed by atoms with Gasteiger partial charge in [-0.05, 0) is 65.9 Å². The van der Waals surface area contributed by atoms with E-state index < -0.39 is 6.04 Å². The van der Waals surface area contributed by atoms with Crippen LogP contribution in [-0.4, -0.2) is 0 Å². The number of rotatable bonds is 3. The summed E-state index contributed by atoms with van der Waals surface area (Å²) in [6, 6.07) is 21.7. The maximum absolute atomic E-state index is 6.51. The molecule has 0 atom stereocenters. The zero-order valence-corrected chi connectivity index (χ0v) is 16.4. The first-order chi connectivity index (χ1) is 11.5. The minimum Gasteiger partial charge on any atom is -0.0826 e. The van der Waals surface area contributed by atoms with Crippen molar-refractivity contribution in [3.05, 3.63) is 89.0 Å². The van der Waals surface area contributed by atoms with Gasteiger partial charge in [0.25, 0.3) is 0 Å². The Morgan fingerprint density at radius 2 is 1.04 bits per heavy atom. The van der Waals surface area contributed by atoms with Crippen molar-refractivity contribution >= 4 is 33.8 Å². The minimum atomic E-state index is -2.07. The second kappa shape index (κ2) is 6.67. The molecule has 0 aliphatic carbocycles. The number of benzene rings is 3. The lowest BCUT2D eigenvalue weighted by atomic mass is 10.1. The fourth-order valence-electron chi connectivity index (χ4n) is 3.20. The Morgan fingerprint density at radius 1 is 0.583 bits per heavy atom. The summed E-state index contributed by atoms with van der Waals surface area (Å²) in [5, 5.41) is 3.90. The predicted molar refractivity (Wildman–Crippen MR) is 111 cm³/mol. The highest BCUT2D eigenvalue weighted by molar-refractivity contribution is 8.25. The van der Waals surface area contributed by atoms with Gasteiger partial charge in [0.1, 0.15) is 0 Å². The number of aryl methyl sites for hydroxylation is 2. The molecule has 0 bridgehead atoms. The summed E-state index contributed by atoms with van der Waals surface area (Å²) in [5.74, 6) is 0. The van der Waals surface area contributed by atoms with Crippen LogP contribution in [0.5, 0.6) is 0 Å². The van der Waals surface area contributed by atoms with Gasteiger partial charge in [-0.1, -0.05) is 78.5 Å². The largest absolute Gasteiger partial charge is 0.0826 e. The van der Waals surface area contributed by atoms with E-state index in [0.29, 0.717) is 0 Å². The fourth-order valence-corrected chi connectivity index (χ4v) is 8.05. The molecule has 0 aliphatic rings. The van der Waals surface area contributed by atoms with Crippen LogP contribution in [0.25, 0.3) is 0 Å². The third-order valence-corrected chi connectivity index (χ3v) is 10.1. The molecule has 0 aliphatic heterocycles. The molecule has 0 nitrogen and oxygen atoms in total. The molecule has 2 heteroatoms. The molecular weight excluding hydrogens is 327 g/mol. The Bertz CT molecular complexity index is 870. The second-order valence-corrected chi connectivity index (χ2v) is 10.7. The van der Waals surface area contributed by atoms with E-state index >= 15 is 0 Å². The average Bonchev–Trinajstić information content (AvgIpc) is 2.60. The van der Waals surface area contributed by atoms with Gasteiger partial charge in [0.2, 0.25) is 0 Å². The van der Waals surface area contributed by atoms with E-state index in [4.69, 9.17) is 11.8 Å². The lowest BCUT2D eigenvalue weighted by Crippen LogP contribution is -2.28. The lowest BCUT2D eigenvalue weighted by Gasteiger charge is -2.28. The molecule has 0 unspecified atom stereocenters. The molecular formula is C22H23PS. The SMILES string of the molecule is Cc1cccc(P(=S)(c2ccccc2)c2cccc(C)c2C)c1C. The molecule has 0 spiro atoms. The number of hydrogen-bond acceptors (Lipinski definition) is 1. The molecule has 0 saturated carbocycles. The van der Waals surface area contributed by atoms with E-state index in [1.807, 2.05) is 0 Å². The highest BCUT2D eigenvalue weighted by Crippen LogP contribution is 2.45. The molecule has 3 aromatic rings. The monoisotopic (exact) mass is 350 g/mol. The molecule has 0 saturated heterocycles. The van der Waals surface area contributed by atoms with Crippen LogP contribution in [0.15, 0.2) is 66.7 Å². The molecule has 122 valence electrons. The van der Waals surface area contributed by atoms with Gasteiger partial charge in [0.05, 0.1) is 0 Å². The first-order valence-corrected chi connectivity index (χ1v) is 11.1. The summed E-state index contributed by atoms with van der Waals surface area (Å²) in [5.41, 5.74) is 5.27. The highest BCUT2D eigenvalue weighted by atomic mass is 32.4. The van der Waals surface area contributed by atoms with Gasteiger partial charge in [0, 0.05) is 6.04 Å². The molecule has 24 heavy (non-hydrogen) atoms. The van der Waals surface area contributed by atoms with Gasteiger partial charge in [0.15, 0.2) is 0 Å². The Balaban J connectivity index is 2.41. The van der Waals surface area contributed by atoms with Crippen molar-refractivity contribution in [2.45, 2.75) is 27.7 Å². The minimum absolute atomic E-state index is 1.27. The molecule has 0 aromatic heterocycles. The van der Waals surface area contributed by atoms with E-state index in [-0.39, 0.29) is 0 Å². The van der Waals surface area contributed by atoms with E-state index in [1.165, 1.54) is 38.2 Å². The lowest BCUT2D eigenvalue weighted by molar-refractivity contribution is 1.36. The van der Waals surface area contributed by atoms with E-state index in [9.17, 15) is 0 Å². The molecule has 3 rings (SSSR count). The topological polar surface area (TPSA) is 0 Å². The summed E-state index contributed by atoms with van der Waals surface area (Å²) in [7, 11) is 0. The van der Waals surface area contributed by atoms with Gasteiger partial charge >= 0.3 is 0 Å². The van der Waals surface area contributed by atoms with Gasteiger partial charge in [-0.25, -0.2) is 0 Å². The summed E-state index contributed by atoms with van der Waals surface area (Å²) in [4.78, 5) is 0. The summed E-state index contributed by atoms with van der Waals surface area (Å²) >= 11 is 6.51. The zero-order valence-electron chi connectivity index (χ0n) is 14.7. The standard InChI is InChI=1S/C22H23PS/c1-16-10-8-14-21(18(16)3)23(24,20-12-6-5-7-13-20)22-15-9-11-17(2)19(22)4/h5-15H,1-4H3. The number of hydrogen-bond donors (Lipinski definition) is 0. The third-order valence-electron chi connectivity index (χ3n) is 4.95. The Hall–Kier alpha value is -1.69. The smallest absolute Gasteiger partial charge is 0.0384 e. The van der Waals surface area contributed by atoms with Crippen molar-refractivity contribution in [3.8, 4) is 0 Å². The van der Waals surface area contributed by atoms with Crippen molar-refractivity contribution in [1.82, 2.24) is 0 Å². The van der Waals surface area contributed by atoms with E-state index in [1.54, 1.807) is 0 Å². The van der Waals surface area contributed by atoms with Gasteiger partial charge in [-0.2, -0.15) is 0 Å². The highest BCUT2D eigenvalue weighted by Gasteiger charge is 2.28. The maximum atomic E-state index is 6.51. The quantitative estimate of drug-likeness (QED) is 0.618. The van der Waals surface area contributed by atoms with Crippen molar-refractivity contribution in [3.63, 3.8) is 0 Å². The van der Waals surface area contributed by atoms with E-state index in [2.05, 4.69) is 94.4 Å². The van der Waals surface area contributed by atoms with Crippen molar-refractivity contribution in [2.24, 2.45) is 0 Å². The van der Waals surface area contributed by atoms with Crippen molar-refractivity contribution < 1.29 is 0 Å². The first-order valence-electron chi connectivity index (χ1n) is 8.25. The summed E-state index contributed by atoms with van der Waals surface area (Å²) in [6.45, 7) is 8.76. The van der Waals surface area contributed by atoms with Crippen LogP contribution >= 0.6 is 6.04 Å². The van der Waals surface area contributed by atoms with Gasteiger partial charge in [-0.15, -0.1) is 0 Å². The maximum Gasteiger partial charge on any atom is 0.0384 e. The normalized spacial score (nSPS) is 11.5. The van der Waals surface area contributed by atoms with Crippen LogP contribution in [0.1, 0.15) is 22.3 Å². The van der Waals surface area contributed by atoms with Crippen LogP contribution < -0.4 is 15.9 Å². The second-order valence-electron chi connectivity index (χ2n) is 6.38. The van der Waals surface area contributed by atoms with Crippen LogP contribution in [0.3, 0.4) is 0 Å². The summed E-state index contributed by atoms with van der Waals surface area (Å²) in [6.07, 6.45) is 0. The van der Waals surface area contributed by atoms with Crippen molar-refractivity contribution in [1.29, 1.82) is 0 Å². The Labute approximate surface area is 150 Å². The van der Waals surface area contributed by atoms with Gasteiger partial charge in [-0.3, -0.25) is 0 Å². The first kappa shape index (κ1) is 17.1. The Kier molecular flexibility index (Phi) is 4.76. The molecule has 0 N–H and O–H groups in total. The average molecular weight is 350 g/mol. The third kappa shape index (κ3) is 2.77. The molecule has 0 heterocycles. The molecule has 0 amide bonds. The molecule has 0 fully saturated rings. The fraction of sp³-hybridized carbons (Fsp3) is 0.182. The predicted octanol–water partition coefficient (Wildman–Crippen LogP) is 4.68. The van der Waals surface area contributed by atoms with Crippen LogP contribution in [0.4, 0.5) is 0 Å². The zero-order chi connectivity index (χ0) is 17.3. The van der Waals surface area contributed by atoms with Crippen LogP contribution in [-0.2, 0) is 11.8 Å².